The summed E-state index contributed by atoms with van der Waals surface area (Å²) in [4.78, 5) is 14.6. The van der Waals surface area contributed by atoms with Crippen LogP contribution in [0.1, 0.15) is 23.3 Å². The quantitative estimate of drug-likeness (QED) is 0.901. The van der Waals surface area contributed by atoms with Crippen molar-refractivity contribution in [3.8, 4) is 5.75 Å². The Hall–Kier alpha value is -1.10. The van der Waals surface area contributed by atoms with E-state index in [4.69, 9.17) is 9.84 Å². The second-order valence-corrected chi connectivity index (χ2v) is 4.04. The molecule has 2 rings (SSSR count). The maximum atomic E-state index is 10.8. The zero-order valence-corrected chi connectivity index (χ0v) is 8.82. The molecule has 1 N–H and O–H groups in total. The van der Waals surface area contributed by atoms with Gasteiger partial charge in [0.05, 0.1) is 6.10 Å². The van der Waals surface area contributed by atoms with E-state index in [2.05, 4.69) is 20.9 Å². The van der Waals surface area contributed by atoms with Gasteiger partial charge in [0.1, 0.15) is 0 Å². The summed E-state index contributed by atoms with van der Waals surface area (Å²) in [6.07, 6.45) is 3.60. The Kier molecular flexibility index (Phi) is 2.41. The molecule has 1 heterocycles. The van der Waals surface area contributed by atoms with Crippen LogP contribution in [0.15, 0.2) is 16.7 Å². The Morgan fingerprint density at radius 1 is 1.64 bits per heavy atom. The van der Waals surface area contributed by atoms with Crippen LogP contribution in [-0.2, 0) is 0 Å². The molecule has 0 aromatic carbocycles. The Morgan fingerprint density at radius 3 is 2.93 bits per heavy atom. The van der Waals surface area contributed by atoms with Gasteiger partial charge in [0.2, 0.25) is 0 Å². The second kappa shape index (κ2) is 3.57. The van der Waals surface area contributed by atoms with Crippen molar-refractivity contribution in [3.05, 3.63) is 22.4 Å². The van der Waals surface area contributed by atoms with E-state index in [0.717, 1.165) is 17.3 Å². The Morgan fingerprint density at radius 2 is 2.36 bits per heavy atom. The third kappa shape index (κ3) is 2.04. The predicted molar refractivity (Wildman–Crippen MR) is 52.5 cm³/mol. The highest BCUT2D eigenvalue weighted by Crippen LogP contribution is 2.30. The fourth-order valence-electron chi connectivity index (χ4n) is 1.04. The first-order chi connectivity index (χ1) is 6.66. The molecular formula is C9H8BrNO3. The number of ether oxygens (including phenoxy) is 1. The molecule has 0 amide bonds. The van der Waals surface area contributed by atoms with Gasteiger partial charge < -0.3 is 9.84 Å². The van der Waals surface area contributed by atoms with E-state index in [1.54, 1.807) is 6.07 Å². The zero-order valence-electron chi connectivity index (χ0n) is 7.24. The number of aromatic nitrogens is 1. The number of hydrogen-bond donors (Lipinski definition) is 1. The summed E-state index contributed by atoms with van der Waals surface area (Å²) in [5, 5.41) is 8.83. The number of carbonyl (C=O) groups is 1. The van der Waals surface area contributed by atoms with E-state index < -0.39 is 5.97 Å². The van der Waals surface area contributed by atoms with E-state index >= 15 is 0 Å². The molecule has 1 saturated carbocycles. The number of halogens is 1. The minimum Gasteiger partial charge on any atom is -0.488 e. The predicted octanol–water partition coefficient (Wildman–Crippen LogP) is 2.08. The maximum Gasteiger partial charge on any atom is 0.358 e. The number of pyridine rings is 1. The molecule has 0 spiro atoms. The molecule has 0 aliphatic heterocycles. The second-order valence-electron chi connectivity index (χ2n) is 3.12. The topological polar surface area (TPSA) is 59.4 Å². The SMILES string of the molecule is O=C(O)c1ncc(Br)cc1OC1CC1. The molecule has 1 fully saturated rings. The normalized spacial score (nSPS) is 15.2. The summed E-state index contributed by atoms with van der Waals surface area (Å²) >= 11 is 3.22. The number of rotatable bonds is 3. The number of carboxylic acid groups (broad SMARTS) is 1. The van der Waals surface area contributed by atoms with Crippen LogP contribution in [0.4, 0.5) is 0 Å². The van der Waals surface area contributed by atoms with Crippen LogP contribution in [-0.4, -0.2) is 22.2 Å². The number of carboxylic acids is 1. The van der Waals surface area contributed by atoms with Crippen LogP contribution in [0.25, 0.3) is 0 Å². The maximum absolute atomic E-state index is 10.8. The Bertz CT molecular complexity index is 376. The minimum absolute atomic E-state index is 0.0277. The molecule has 1 aliphatic rings. The average molecular weight is 258 g/mol. The molecule has 14 heavy (non-hydrogen) atoms. The van der Waals surface area contributed by atoms with Crippen LogP contribution in [0.5, 0.6) is 5.75 Å². The first-order valence-corrected chi connectivity index (χ1v) is 5.01. The van der Waals surface area contributed by atoms with E-state index in [9.17, 15) is 4.79 Å². The van der Waals surface area contributed by atoms with Gasteiger partial charge in [-0.2, -0.15) is 0 Å². The Balaban J connectivity index is 2.31. The molecule has 5 heteroatoms. The number of nitrogens with zero attached hydrogens (tertiary/aromatic N) is 1. The van der Waals surface area contributed by atoms with Gasteiger partial charge in [0, 0.05) is 10.7 Å². The lowest BCUT2D eigenvalue weighted by Crippen LogP contribution is -2.06. The van der Waals surface area contributed by atoms with Crippen LogP contribution in [0.3, 0.4) is 0 Å². The molecule has 0 atom stereocenters. The summed E-state index contributed by atoms with van der Waals surface area (Å²) in [7, 11) is 0. The molecule has 0 unspecified atom stereocenters. The van der Waals surface area contributed by atoms with E-state index in [1.807, 2.05) is 0 Å². The summed E-state index contributed by atoms with van der Waals surface area (Å²) in [6.45, 7) is 0. The van der Waals surface area contributed by atoms with Gasteiger partial charge >= 0.3 is 5.97 Å². The van der Waals surface area contributed by atoms with E-state index in [-0.39, 0.29) is 11.8 Å². The van der Waals surface area contributed by atoms with Crippen molar-refractivity contribution in [2.24, 2.45) is 0 Å². The smallest absolute Gasteiger partial charge is 0.358 e. The lowest BCUT2D eigenvalue weighted by atomic mass is 10.3. The van der Waals surface area contributed by atoms with Crippen LogP contribution in [0, 0.1) is 0 Å². The molecule has 4 nitrogen and oxygen atoms in total. The monoisotopic (exact) mass is 257 g/mol. The molecule has 1 aliphatic carbocycles. The van der Waals surface area contributed by atoms with Crippen LogP contribution >= 0.6 is 15.9 Å². The first-order valence-electron chi connectivity index (χ1n) is 4.22. The van der Waals surface area contributed by atoms with Crippen molar-refractivity contribution < 1.29 is 14.6 Å². The van der Waals surface area contributed by atoms with Crippen molar-refractivity contribution in [1.82, 2.24) is 4.98 Å². The summed E-state index contributed by atoms with van der Waals surface area (Å²) in [5.74, 6) is -0.720. The Labute approximate surface area is 89.0 Å². The van der Waals surface area contributed by atoms with Gasteiger partial charge in [0.25, 0.3) is 0 Å². The fourth-order valence-corrected chi connectivity index (χ4v) is 1.35. The van der Waals surface area contributed by atoms with Gasteiger partial charge in [-0.05, 0) is 34.8 Å². The molecule has 1 aromatic heterocycles. The number of aromatic carboxylic acids is 1. The fraction of sp³-hybridized carbons (Fsp3) is 0.333. The van der Waals surface area contributed by atoms with Crippen molar-refractivity contribution in [2.45, 2.75) is 18.9 Å². The number of hydrogen-bond acceptors (Lipinski definition) is 3. The van der Waals surface area contributed by atoms with Gasteiger partial charge in [0.15, 0.2) is 11.4 Å². The van der Waals surface area contributed by atoms with Gasteiger partial charge in [-0.15, -0.1) is 0 Å². The third-order valence-electron chi connectivity index (χ3n) is 1.84. The van der Waals surface area contributed by atoms with Crippen molar-refractivity contribution in [2.75, 3.05) is 0 Å². The summed E-state index contributed by atoms with van der Waals surface area (Å²) < 4.78 is 6.15. The molecule has 0 saturated heterocycles. The molecule has 0 bridgehead atoms. The van der Waals surface area contributed by atoms with Gasteiger partial charge in [-0.25, -0.2) is 9.78 Å². The van der Waals surface area contributed by atoms with Crippen molar-refractivity contribution in [1.29, 1.82) is 0 Å². The molecule has 1 aromatic rings. The first kappa shape index (κ1) is 9.45. The largest absolute Gasteiger partial charge is 0.488 e. The lowest BCUT2D eigenvalue weighted by Gasteiger charge is -2.06. The van der Waals surface area contributed by atoms with Gasteiger partial charge in [-0.1, -0.05) is 0 Å². The highest BCUT2D eigenvalue weighted by molar-refractivity contribution is 9.10. The molecule has 0 radical (unpaired) electrons. The third-order valence-corrected chi connectivity index (χ3v) is 2.27. The minimum atomic E-state index is -1.06. The van der Waals surface area contributed by atoms with Crippen molar-refractivity contribution >= 4 is 21.9 Å². The summed E-state index contributed by atoms with van der Waals surface area (Å²) in [5.41, 5.74) is -0.0277. The molecule has 74 valence electrons. The molecular weight excluding hydrogens is 250 g/mol. The van der Waals surface area contributed by atoms with Crippen LogP contribution in [0.2, 0.25) is 0 Å². The standard InChI is InChI=1S/C9H8BrNO3/c10-5-3-7(14-6-1-2-6)8(9(12)13)11-4-5/h3-4,6H,1-2H2,(H,12,13). The van der Waals surface area contributed by atoms with E-state index in [0.29, 0.717) is 5.75 Å². The highest BCUT2D eigenvalue weighted by Gasteiger charge is 2.26. The highest BCUT2D eigenvalue weighted by atomic mass is 79.9. The van der Waals surface area contributed by atoms with Gasteiger partial charge in [-0.3, -0.25) is 0 Å². The zero-order chi connectivity index (χ0) is 10.1. The van der Waals surface area contributed by atoms with Crippen molar-refractivity contribution in [3.63, 3.8) is 0 Å². The van der Waals surface area contributed by atoms with Crippen LogP contribution < -0.4 is 4.74 Å². The van der Waals surface area contributed by atoms with E-state index in [1.165, 1.54) is 6.20 Å². The average Bonchev–Trinajstić information content (AvgIpc) is 2.87. The lowest BCUT2D eigenvalue weighted by molar-refractivity contribution is 0.0685. The summed E-state index contributed by atoms with van der Waals surface area (Å²) in [6, 6.07) is 1.63.